The first-order chi connectivity index (χ1) is 6.75. The highest BCUT2D eigenvalue weighted by atomic mass is 32.2. The second-order valence-corrected chi connectivity index (χ2v) is 4.85. The van der Waals surface area contributed by atoms with Gasteiger partial charge in [0.25, 0.3) is 0 Å². The molecule has 0 aliphatic heterocycles. The van der Waals surface area contributed by atoms with Crippen LogP contribution in [0.5, 0.6) is 0 Å². The quantitative estimate of drug-likeness (QED) is 0.831. The van der Waals surface area contributed by atoms with Gasteiger partial charge in [-0.3, -0.25) is 0 Å². The molecular formula is C7H7N5S2. The fraction of sp³-hybridized carbons (Fsp3) is 0.143. The van der Waals surface area contributed by atoms with Gasteiger partial charge in [0.2, 0.25) is 0 Å². The molecule has 5 nitrogen and oxygen atoms in total. The van der Waals surface area contributed by atoms with E-state index in [2.05, 4.69) is 20.2 Å². The Kier molecular flexibility index (Phi) is 2.60. The number of hydrogen-bond donors (Lipinski definition) is 1. The molecule has 2 heterocycles. The van der Waals surface area contributed by atoms with Gasteiger partial charge in [0, 0.05) is 12.4 Å². The van der Waals surface area contributed by atoms with E-state index in [1.807, 2.05) is 6.92 Å². The molecule has 14 heavy (non-hydrogen) atoms. The van der Waals surface area contributed by atoms with Crippen LogP contribution in [0, 0.1) is 6.92 Å². The average molecular weight is 225 g/mol. The Labute approximate surface area is 88.8 Å². The lowest BCUT2D eigenvalue weighted by atomic mass is 10.7. The molecule has 0 aliphatic carbocycles. The van der Waals surface area contributed by atoms with Gasteiger partial charge in [0.15, 0.2) is 10.2 Å². The lowest BCUT2D eigenvalue weighted by molar-refractivity contribution is 0.978. The molecule has 0 saturated heterocycles. The topological polar surface area (TPSA) is 77.6 Å². The zero-order valence-corrected chi connectivity index (χ0v) is 8.97. The van der Waals surface area contributed by atoms with Crippen molar-refractivity contribution in [2.75, 3.05) is 5.73 Å². The fourth-order valence-corrected chi connectivity index (χ4v) is 2.52. The summed E-state index contributed by atoms with van der Waals surface area (Å²) in [5.74, 6) is 0.422. The maximum atomic E-state index is 5.64. The van der Waals surface area contributed by atoms with Crippen molar-refractivity contribution in [2.45, 2.75) is 16.3 Å². The molecular weight excluding hydrogens is 218 g/mol. The lowest BCUT2D eigenvalue weighted by Crippen LogP contribution is -1.94. The van der Waals surface area contributed by atoms with Crippen LogP contribution in [0.1, 0.15) is 5.01 Å². The number of hydrogen-bond acceptors (Lipinski definition) is 7. The summed E-state index contributed by atoms with van der Waals surface area (Å²) in [6.45, 7) is 1.90. The maximum Gasteiger partial charge on any atom is 0.180 e. The Morgan fingerprint density at radius 1 is 1.29 bits per heavy atom. The Balaban J connectivity index is 2.23. The molecule has 0 fully saturated rings. The molecule has 0 amide bonds. The number of aromatic nitrogens is 4. The summed E-state index contributed by atoms with van der Waals surface area (Å²) >= 11 is 2.89. The van der Waals surface area contributed by atoms with Crippen molar-refractivity contribution in [1.82, 2.24) is 20.2 Å². The average Bonchev–Trinajstić information content (AvgIpc) is 2.56. The number of nitrogen functional groups attached to an aromatic ring is 1. The molecule has 0 radical (unpaired) electrons. The van der Waals surface area contributed by atoms with Crippen LogP contribution in [0.3, 0.4) is 0 Å². The van der Waals surface area contributed by atoms with Crippen LogP contribution in [-0.4, -0.2) is 20.2 Å². The van der Waals surface area contributed by atoms with Crippen molar-refractivity contribution in [2.24, 2.45) is 0 Å². The van der Waals surface area contributed by atoms with E-state index in [0.29, 0.717) is 10.8 Å². The molecule has 0 atom stereocenters. The monoisotopic (exact) mass is 225 g/mol. The molecule has 0 bridgehead atoms. The Morgan fingerprint density at radius 2 is 2.07 bits per heavy atom. The number of nitrogens with zero attached hydrogens (tertiary/aromatic N) is 4. The second kappa shape index (κ2) is 3.89. The molecule has 0 spiro atoms. The summed E-state index contributed by atoms with van der Waals surface area (Å²) < 4.78 is 0.828. The van der Waals surface area contributed by atoms with Gasteiger partial charge in [-0.1, -0.05) is 11.3 Å². The minimum absolute atomic E-state index is 0.422. The highest BCUT2D eigenvalue weighted by Gasteiger charge is 2.07. The summed E-state index contributed by atoms with van der Waals surface area (Å²) in [5.41, 5.74) is 5.64. The van der Waals surface area contributed by atoms with E-state index in [1.165, 1.54) is 23.1 Å². The molecule has 2 N–H and O–H groups in total. The van der Waals surface area contributed by atoms with Crippen LogP contribution in [0.2, 0.25) is 0 Å². The third kappa shape index (κ3) is 1.99. The normalized spacial score (nSPS) is 10.4. The van der Waals surface area contributed by atoms with E-state index in [0.717, 1.165) is 9.35 Å². The van der Waals surface area contributed by atoms with Crippen LogP contribution in [-0.2, 0) is 0 Å². The van der Waals surface area contributed by atoms with E-state index in [4.69, 9.17) is 5.73 Å². The summed E-state index contributed by atoms with van der Waals surface area (Å²) in [6.07, 6.45) is 3.16. The predicted molar refractivity (Wildman–Crippen MR) is 55.2 cm³/mol. The van der Waals surface area contributed by atoms with Gasteiger partial charge in [0.05, 0.1) is 0 Å². The van der Waals surface area contributed by atoms with E-state index in [9.17, 15) is 0 Å². The standard InChI is InChI=1S/C7H7N5S2/c1-4-11-12-7(13-4)14-6-5(8)9-2-3-10-6/h2-3H,1H3,(H2,8,9). The van der Waals surface area contributed by atoms with Crippen molar-refractivity contribution in [3.05, 3.63) is 17.4 Å². The van der Waals surface area contributed by atoms with Crippen LogP contribution in [0.4, 0.5) is 5.82 Å². The zero-order valence-electron chi connectivity index (χ0n) is 7.34. The Hall–Kier alpha value is -1.21. The van der Waals surface area contributed by atoms with Crippen molar-refractivity contribution < 1.29 is 0 Å². The fourth-order valence-electron chi connectivity index (χ4n) is 0.817. The van der Waals surface area contributed by atoms with Crippen LogP contribution in [0.15, 0.2) is 21.8 Å². The zero-order chi connectivity index (χ0) is 9.97. The minimum Gasteiger partial charge on any atom is -0.381 e. The van der Waals surface area contributed by atoms with Gasteiger partial charge in [0.1, 0.15) is 10.0 Å². The molecule has 2 rings (SSSR count). The SMILES string of the molecule is Cc1nnc(Sc2nccnc2N)s1. The van der Waals surface area contributed by atoms with Crippen molar-refractivity contribution in [1.29, 1.82) is 0 Å². The lowest BCUT2D eigenvalue weighted by Gasteiger charge is -1.97. The first kappa shape index (κ1) is 9.35. The van der Waals surface area contributed by atoms with Crippen LogP contribution in [0.25, 0.3) is 0 Å². The number of aryl methyl sites for hydroxylation is 1. The largest absolute Gasteiger partial charge is 0.381 e. The number of nitrogens with two attached hydrogens (primary N) is 1. The molecule has 0 aliphatic rings. The van der Waals surface area contributed by atoms with E-state index >= 15 is 0 Å². The van der Waals surface area contributed by atoms with E-state index in [1.54, 1.807) is 12.4 Å². The third-order valence-corrected chi connectivity index (χ3v) is 3.28. The number of anilines is 1. The van der Waals surface area contributed by atoms with E-state index < -0.39 is 0 Å². The third-order valence-electron chi connectivity index (χ3n) is 1.38. The first-order valence-electron chi connectivity index (χ1n) is 3.80. The van der Waals surface area contributed by atoms with Crippen molar-refractivity contribution in [3.63, 3.8) is 0 Å². The molecule has 0 unspecified atom stereocenters. The van der Waals surface area contributed by atoms with Gasteiger partial charge in [-0.25, -0.2) is 9.97 Å². The highest BCUT2D eigenvalue weighted by molar-refractivity contribution is 8.01. The summed E-state index contributed by atoms with van der Waals surface area (Å²) in [4.78, 5) is 8.03. The van der Waals surface area contributed by atoms with Gasteiger partial charge in [-0.15, -0.1) is 10.2 Å². The van der Waals surface area contributed by atoms with Crippen molar-refractivity contribution >= 4 is 28.9 Å². The predicted octanol–water partition coefficient (Wildman–Crippen LogP) is 1.37. The van der Waals surface area contributed by atoms with Gasteiger partial charge in [-0.2, -0.15) is 0 Å². The smallest absolute Gasteiger partial charge is 0.180 e. The molecule has 2 aromatic heterocycles. The molecule has 72 valence electrons. The number of rotatable bonds is 2. The Morgan fingerprint density at radius 3 is 2.71 bits per heavy atom. The van der Waals surface area contributed by atoms with Gasteiger partial charge < -0.3 is 5.73 Å². The molecule has 0 aromatic carbocycles. The van der Waals surface area contributed by atoms with Gasteiger partial charge in [-0.05, 0) is 18.7 Å². The Bertz CT molecular complexity index is 441. The highest BCUT2D eigenvalue weighted by Crippen LogP contribution is 2.30. The first-order valence-corrected chi connectivity index (χ1v) is 5.43. The summed E-state index contributed by atoms with van der Waals surface area (Å²) in [5, 5.41) is 9.46. The van der Waals surface area contributed by atoms with Gasteiger partial charge >= 0.3 is 0 Å². The molecule has 0 saturated carbocycles. The summed E-state index contributed by atoms with van der Waals surface area (Å²) in [7, 11) is 0. The minimum atomic E-state index is 0.422. The maximum absolute atomic E-state index is 5.64. The second-order valence-electron chi connectivity index (χ2n) is 2.44. The molecule has 2 aromatic rings. The molecule has 7 heteroatoms. The van der Waals surface area contributed by atoms with Crippen LogP contribution < -0.4 is 5.73 Å². The van der Waals surface area contributed by atoms with E-state index in [-0.39, 0.29) is 0 Å². The van der Waals surface area contributed by atoms with Crippen LogP contribution >= 0.6 is 23.1 Å². The summed E-state index contributed by atoms with van der Waals surface area (Å²) in [6, 6.07) is 0. The van der Waals surface area contributed by atoms with Crippen molar-refractivity contribution in [3.8, 4) is 0 Å².